The lowest BCUT2D eigenvalue weighted by Crippen LogP contribution is -2.04. The molecule has 2 aromatic rings. The third-order valence-corrected chi connectivity index (χ3v) is 4.43. The Morgan fingerprint density at radius 3 is 2.55 bits per heavy atom. The van der Waals surface area contributed by atoms with Gasteiger partial charge in [0.25, 0.3) is 0 Å². The average Bonchev–Trinajstić information content (AvgIpc) is 2.36. The molecule has 0 atom stereocenters. The molecule has 1 aromatic carbocycles. The lowest BCUT2D eigenvalue weighted by Gasteiger charge is -2.11. The highest BCUT2D eigenvalue weighted by Crippen LogP contribution is 2.29. The highest BCUT2D eigenvalue weighted by atomic mass is 79.9. The van der Waals surface area contributed by atoms with Gasteiger partial charge < -0.3 is 0 Å². The molecule has 0 saturated heterocycles. The van der Waals surface area contributed by atoms with Crippen LogP contribution in [0.5, 0.6) is 0 Å². The van der Waals surface area contributed by atoms with Crippen LogP contribution in [0, 0.1) is 5.82 Å². The molecule has 0 radical (unpaired) electrons. The molecular formula is C14H12BrCl2FN2. The zero-order chi connectivity index (χ0) is 14.9. The van der Waals surface area contributed by atoms with E-state index in [1.807, 2.05) is 13.8 Å². The minimum atomic E-state index is -0.364. The van der Waals surface area contributed by atoms with Crippen LogP contribution in [-0.2, 0) is 6.42 Å². The third kappa shape index (κ3) is 3.48. The molecule has 0 aliphatic carbocycles. The lowest BCUT2D eigenvalue weighted by atomic mass is 10.1. The van der Waals surface area contributed by atoms with Gasteiger partial charge in [0.1, 0.15) is 16.8 Å². The summed E-state index contributed by atoms with van der Waals surface area (Å²) in [5, 5.41) is 0.732. The number of benzene rings is 1. The zero-order valence-corrected chi connectivity index (χ0v) is 14.0. The maximum atomic E-state index is 13.0. The molecule has 0 N–H and O–H groups in total. The summed E-state index contributed by atoms with van der Waals surface area (Å²) >= 11 is 15.5. The van der Waals surface area contributed by atoms with E-state index in [1.54, 1.807) is 6.07 Å². The van der Waals surface area contributed by atoms with Gasteiger partial charge in [0.2, 0.25) is 0 Å². The van der Waals surface area contributed by atoms with Crippen molar-refractivity contribution in [3.05, 3.63) is 55.7 Å². The number of hydrogen-bond donors (Lipinski definition) is 0. The number of rotatable bonds is 3. The van der Waals surface area contributed by atoms with Crippen molar-refractivity contribution in [2.45, 2.75) is 26.2 Å². The van der Waals surface area contributed by atoms with Gasteiger partial charge in [0.05, 0.1) is 10.2 Å². The number of nitrogens with zero attached hydrogens (tertiary/aromatic N) is 2. The Balaban J connectivity index is 2.39. The van der Waals surface area contributed by atoms with Gasteiger partial charge in [0, 0.05) is 11.4 Å². The average molecular weight is 378 g/mol. The van der Waals surface area contributed by atoms with Gasteiger partial charge in [0.15, 0.2) is 0 Å². The van der Waals surface area contributed by atoms with Gasteiger partial charge in [-0.2, -0.15) is 0 Å². The van der Waals surface area contributed by atoms with Gasteiger partial charge in [-0.25, -0.2) is 14.4 Å². The maximum Gasteiger partial charge on any atom is 0.147 e. The molecule has 1 heterocycles. The van der Waals surface area contributed by atoms with E-state index >= 15 is 0 Å². The minimum Gasteiger partial charge on any atom is -0.236 e. The summed E-state index contributed by atoms with van der Waals surface area (Å²) in [6, 6.07) is 4.28. The van der Waals surface area contributed by atoms with Crippen LogP contribution < -0.4 is 0 Å². The van der Waals surface area contributed by atoms with Crippen LogP contribution in [-0.4, -0.2) is 9.97 Å². The van der Waals surface area contributed by atoms with E-state index in [1.165, 1.54) is 12.1 Å². The summed E-state index contributed by atoms with van der Waals surface area (Å²) in [6.45, 7) is 4.05. The van der Waals surface area contributed by atoms with Crippen molar-refractivity contribution in [1.29, 1.82) is 0 Å². The van der Waals surface area contributed by atoms with Crippen molar-refractivity contribution in [1.82, 2.24) is 9.97 Å². The molecule has 0 amide bonds. The van der Waals surface area contributed by atoms with Crippen LogP contribution in [0.2, 0.25) is 10.2 Å². The molecule has 0 spiro atoms. The van der Waals surface area contributed by atoms with E-state index in [0.717, 1.165) is 11.3 Å². The van der Waals surface area contributed by atoms with Gasteiger partial charge in [-0.3, -0.25) is 0 Å². The molecule has 0 aliphatic rings. The fraction of sp³-hybridized carbons (Fsp3) is 0.286. The molecule has 0 saturated carbocycles. The molecule has 0 bridgehead atoms. The zero-order valence-electron chi connectivity index (χ0n) is 10.9. The first kappa shape index (κ1) is 15.7. The van der Waals surface area contributed by atoms with Crippen LogP contribution in [0.4, 0.5) is 4.39 Å². The summed E-state index contributed by atoms with van der Waals surface area (Å²) < 4.78 is 13.7. The first-order valence-electron chi connectivity index (χ1n) is 6.04. The van der Waals surface area contributed by atoms with Crippen molar-refractivity contribution in [2.24, 2.45) is 0 Å². The molecule has 1 aromatic heterocycles. The molecule has 2 nitrogen and oxygen atoms in total. The minimum absolute atomic E-state index is 0.215. The van der Waals surface area contributed by atoms with E-state index < -0.39 is 0 Å². The van der Waals surface area contributed by atoms with Crippen LogP contribution in [0.1, 0.15) is 36.8 Å². The standard InChI is InChI=1S/C14H12BrCl2FN2/c1-7(2)13-12(15)14(17)20-11(19-13)5-8-3-4-9(18)6-10(8)16/h3-4,6-7H,5H2,1-2H3. The van der Waals surface area contributed by atoms with Crippen LogP contribution in [0.3, 0.4) is 0 Å². The highest BCUT2D eigenvalue weighted by molar-refractivity contribution is 9.10. The van der Waals surface area contributed by atoms with E-state index in [0.29, 0.717) is 26.9 Å². The summed E-state index contributed by atoms with van der Waals surface area (Å²) in [4.78, 5) is 8.73. The van der Waals surface area contributed by atoms with Gasteiger partial charge >= 0.3 is 0 Å². The Bertz CT molecular complexity index is 647. The predicted molar refractivity (Wildman–Crippen MR) is 83.0 cm³/mol. The molecule has 6 heteroatoms. The SMILES string of the molecule is CC(C)c1nc(Cc2ccc(F)cc2Cl)nc(Cl)c1Br. The van der Waals surface area contributed by atoms with Crippen molar-refractivity contribution in [3.63, 3.8) is 0 Å². The van der Waals surface area contributed by atoms with E-state index in [-0.39, 0.29) is 11.7 Å². The van der Waals surface area contributed by atoms with Crippen LogP contribution in [0.15, 0.2) is 22.7 Å². The molecule has 0 aliphatic heterocycles. The monoisotopic (exact) mass is 376 g/mol. The van der Waals surface area contributed by atoms with E-state index in [9.17, 15) is 4.39 Å². The van der Waals surface area contributed by atoms with Gasteiger partial charge in [-0.05, 0) is 39.5 Å². The van der Waals surface area contributed by atoms with Crippen molar-refractivity contribution >= 4 is 39.1 Å². The smallest absolute Gasteiger partial charge is 0.147 e. The Labute approximate surface area is 135 Å². The summed E-state index contributed by atoms with van der Waals surface area (Å²) in [5.41, 5.74) is 1.61. The summed E-state index contributed by atoms with van der Waals surface area (Å²) in [6.07, 6.45) is 0.409. The lowest BCUT2D eigenvalue weighted by molar-refractivity contribution is 0.627. The Morgan fingerprint density at radius 2 is 1.95 bits per heavy atom. The van der Waals surface area contributed by atoms with Gasteiger partial charge in [-0.15, -0.1) is 0 Å². The fourth-order valence-electron chi connectivity index (χ4n) is 1.78. The van der Waals surface area contributed by atoms with Crippen LogP contribution in [0.25, 0.3) is 0 Å². The Morgan fingerprint density at radius 1 is 1.25 bits per heavy atom. The van der Waals surface area contributed by atoms with Crippen molar-refractivity contribution in [3.8, 4) is 0 Å². The number of halogens is 4. The van der Waals surface area contributed by atoms with Crippen molar-refractivity contribution in [2.75, 3.05) is 0 Å². The normalized spacial score (nSPS) is 11.2. The molecule has 20 heavy (non-hydrogen) atoms. The highest BCUT2D eigenvalue weighted by Gasteiger charge is 2.14. The molecule has 2 rings (SSSR count). The Hall–Kier alpha value is -0.710. The molecular weight excluding hydrogens is 366 g/mol. The van der Waals surface area contributed by atoms with Gasteiger partial charge in [-0.1, -0.05) is 43.1 Å². The largest absolute Gasteiger partial charge is 0.236 e. The fourth-order valence-corrected chi connectivity index (χ4v) is 2.84. The second kappa shape index (κ2) is 6.37. The second-order valence-electron chi connectivity index (χ2n) is 4.70. The second-order valence-corrected chi connectivity index (χ2v) is 6.26. The van der Waals surface area contributed by atoms with E-state index in [2.05, 4.69) is 25.9 Å². The molecule has 106 valence electrons. The third-order valence-electron chi connectivity index (χ3n) is 2.79. The first-order chi connectivity index (χ1) is 9.38. The van der Waals surface area contributed by atoms with Crippen LogP contribution >= 0.6 is 39.1 Å². The van der Waals surface area contributed by atoms with E-state index in [4.69, 9.17) is 23.2 Å². The molecule has 0 unspecified atom stereocenters. The number of aromatic nitrogens is 2. The predicted octanol–water partition coefficient (Wildman–Crippen LogP) is 5.40. The number of hydrogen-bond acceptors (Lipinski definition) is 2. The summed E-state index contributed by atoms with van der Waals surface area (Å²) in [5.74, 6) is 0.416. The summed E-state index contributed by atoms with van der Waals surface area (Å²) in [7, 11) is 0. The van der Waals surface area contributed by atoms with Crippen molar-refractivity contribution < 1.29 is 4.39 Å². The Kier molecular flexibility index (Phi) is 4.99. The molecule has 0 fully saturated rings. The topological polar surface area (TPSA) is 25.8 Å². The quantitative estimate of drug-likeness (QED) is 0.669. The maximum absolute atomic E-state index is 13.0. The first-order valence-corrected chi connectivity index (χ1v) is 7.59.